The molecule has 0 radical (unpaired) electrons. The molecule has 142 valence electrons. The van der Waals surface area contributed by atoms with Crippen LogP contribution in [0.5, 0.6) is 0 Å². The van der Waals surface area contributed by atoms with Crippen molar-refractivity contribution in [3.05, 3.63) is 29.3 Å². The highest BCUT2D eigenvalue weighted by Gasteiger charge is 2.23. The molecule has 0 aliphatic carbocycles. The Kier molecular flexibility index (Phi) is 7.81. The molecule has 0 saturated carbocycles. The monoisotopic (exact) mass is 398 g/mol. The zero-order valence-corrected chi connectivity index (χ0v) is 16.3. The Morgan fingerprint density at radius 1 is 1.42 bits per heavy atom. The number of nitrogens with one attached hydrogen (secondary N) is 2. The first-order chi connectivity index (χ1) is 12.2. The summed E-state index contributed by atoms with van der Waals surface area (Å²) in [4.78, 5) is 13.9. The maximum Gasteiger partial charge on any atom is 0.246 e. The van der Waals surface area contributed by atoms with Gasteiger partial charge in [-0.2, -0.15) is 4.80 Å². The lowest BCUT2D eigenvalue weighted by molar-refractivity contribution is -0.125. The Bertz CT molecular complexity index is 700. The van der Waals surface area contributed by atoms with Crippen LogP contribution in [-0.4, -0.2) is 45.7 Å². The van der Waals surface area contributed by atoms with Crippen LogP contribution in [0.25, 0.3) is 11.4 Å². The highest BCUT2D eigenvalue weighted by Crippen LogP contribution is 2.18. The van der Waals surface area contributed by atoms with Gasteiger partial charge in [0.05, 0.1) is 0 Å². The zero-order valence-electron chi connectivity index (χ0n) is 14.7. The fraction of sp³-hybridized carbons (Fsp3) is 0.529. The summed E-state index contributed by atoms with van der Waals surface area (Å²) in [6, 6.07) is 6.77. The molecule has 1 fully saturated rings. The summed E-state index contributed by atoms with van der Waals surface area (Å²) in [6.07, 6.45) is 2.91. The van der Waals surface area contributed by atoms with Crippen LogP contribution in [0.4, 0.5) is 0 Å². The first-order valence-electron chi connectivity index (χ1n) is 8.71. The summed E-state index contributed by atoms with van der Waals surface area (Å²) < 4.78 is 0. The number of halogens is 2. The molecule has 2 unspecified atom stereocenters. The predicted molar refractivity (Wildman–Crippen MR) is 103 cm³/mol. The van der Waals surface area contributed by atoms with E-state index in [0.717, 1.165) is 31.5 Å². The van der Waals surface area contributed by atoms with Crippen LogP contribution >= 0.6 is 24.0 Å². The number of hydrogen-bond donors (Lipinski definition) is 2. The molecule has 26 heavy (non-hydrogen) atoms. The molecule has 2 aromatic rings. The topological polar surface area (TPSA) is 84.7 Å². The average molecular weight is 399 g/mol. The van der Waals surface area contributed by atoms with Gasteiger partial charge in [0.25, 0.3) is 0 Å². The van der Waals surface area contributed by atoms with Crippen molar-refractivity contribution < 1.29 is 4.79 Å². The van der Waals surface area contributed by atoms with Crippen molar-refractivity contribution in [1.82, 2.24) is 30.8 Å². The van der Waals surface area contributed by atoms with Crippen LogP contribution in [0, 0.1) is 5.92 Å². The summed E-state index contributed by atoms with van der Waals surface area (Å²) in [5.41, 5.74) is 0.819. The van der Waals surface area contributed by atoms with Crippen LogP contribution in [0.3, 0.4) is 0 Å². The summed E-state index contributed by atoms with van der Waals surface area (Å²) in [5, 5.41) is 19.6. The number of tetrazole rings is 1. The van der Waals surface area contributed by atoms with Gasteiger partial charge in [-0.15, -0.1) is 22.6 Å². The van der Waals surface area contributed by atoms with Crippen LogP contribution in [0.1, 0.15) is 32.2 Å². The zero-order chi connectivity index (χ0) is 17.6. The summed E-state index contributed by atoms with van der Waals surface area (Å²) in [7, 11) is 0. The largest absolute Gasteiger partial charge is 0.354 e. The molecule has 3 rings (SSSR count). The fourth-order valence-electron chi connectivity index (χ4n) is 2.99. The second-order valence-corrected chi connectivity index (χ2v) is 6.76. The summed E-state index contributed by atoms with van der Waals surface area (Å²) in [6.45, 7) is 4.65. The molecule has 9 heteroatoms. The standard InChI is InChI=1S/C17H23ClN6O.ClH/c1-2-15(17(25)20-11-12-4-3-9-19-10-12)24-22-16(21-23-24)13-5-7-14(18)8-6-13;/h5-8,12,15,19H,2-4,9-11H2,1H3,(H,20,25);1H. The lowest BCUT2D eigenvalue weighted by Gasteiger charge is -2.23. The van der Waals surface area contributed by atoms with Gasteiger partial charge in [0.2, 0.25) is 11.7 Å². The van der Waals surface area contributed by atoms with Gasteiger partial charge in [0, 0.05) is 17.1 Å². The van der Waals surface area contributed by atoms with Crippen molar-refractivity contribution in [3.63, 3.8) is 0 Å². The van der Waals surface area contributed by atoms with E-state index in [0.29, 0.717) is 29.7 Å². The molecule has 0 spiro atoms. The number of carbonyl (C=O) groups is 1. The minimum atomic E-state index is -0.454. The molecular formula is C17H24Cl2N6O. The van der Waals surface area contributed by atoms with E-state index in [1.165, 1.54) is 4.80 Å². The van der Waals surface area contributed by atoms with Crippen molar-refractivity contribution in [2.45, 2.75) is 32.2 Å². The van der Waals surface area contributed by atoms with Crippen LogP contribution < -0.4 is 10.6 Å². The molecule has 7 nitrogen and oxygen atoms in total. The number of aromatic nitrogens is 4. The summed E-state index contributed by atoms with van der Waals surface area (Å²) in [5.74, 6) is 0.913. The average Bonchev–Trinajstić information content (AvgIpc) is 3.12. The van der Waals surface area contributed by atoms with Crippen LogP contribution in [0.2, 0.25) is 5.02 Å². The minimum absolute atomic E-state index is 0. The Labute approximate surface area is 164 Å². The van der Waals surface area contributed by atoms with E-state index in [4.69, 9.17) is 11.6 Å². The van der Waals surface area contributed by atoms with Gasteiger partial charge in [0.15, 0.2) is 6.04 Å². The second kappa shape index (κ2) is 9.85. The minimum Gasteiger partial charge on any atom is -0.354 e. The first kappa shape index (κ1) is 20.6. The highest BCUT2D eigenvalue weighted by atomic mass is 35.5. The molecule has 1 aliphatic heterocycles. The van der Waals surface area contributed by atoms with Gasteiger partial charge < -0.3 is 10.6 Å². The SMILES string of the molecule is CCC(C(=O)NCC1CCCNC1)n1nnc(-c2ccc(Cl)cc2)n1.Cl. The van der Waals surface area contributed by atoms with Crippen molar-refractivity contribution >= 4 is 29.9 Å². The van der Waals surface area contributed by atoms with E-state index in [9.17, 15) is 4.79 Å². The van der Waals surface area contributed by atoms with Gasteiger partial charge in [-0.3, -0.25) is 4.79 Å². The number of rotatable bonds is 6. The van der Waals surface area contributed by atoms with Crippen LogP contribution in [-0.2, 0) is 4.79 Å². The Morgan fingerprint density at radius 3 is 2.85 bits per heavy atom. The number of nitrogens with zero attached hydrogens (tertiary/aromatic N) is 4. The molecule has 2 N–H and O–H groups in total. The van der Waals surface area contributed by atoms with Gasteiger partial charge in [-0.1, -0.05) is 18.5 Å². The smallest absolute Gasteiger partial charge is 0.246 e. The molecule has 1 saturated heterocycles. The third-order valence-corrected chi connectivity index (χ3v) is 4.71. The summed E-state index contributed by atoms with van der Waals surface area (Å²) >= 11 is 5.90. The van der Waals surface area contributed by atoms with Crippen molar-refractivity contribution in [2.24, 2.45) is 5.92 Å². The molecule has 2 atom stereocenters. The maximum absolute atomic E-state index is 12.5. The normalized spacial score (nSPS) is 18.0. The molecule has 1 amide bonds. The number of amides is 1. The fourth-order valence-corrected chi connectivity index (χ4v) is 3.11. The van der Waals surface area contributed by atoms with Crippen LogP contribution in [0.15, 0.2) is 24.3 Å². The highest BCUT2D eigenvalue weighted by molar-refractivity contribution is 6.30. The van der Waals surface area contributed by atoms with Gasteiger partial charge >= 0.3 is 0 Å². The third-order valence-electron chi connectivity index (χ3n) is 4.46. The Morgan fingerprint density at radius 2 is 2.19 bits per heavy atom. The van der Waals surface area contributed by atoms with E-state index in [1.54, 1.807) is 12.1 Å². The maximum atomic E-state index is 12.5. The second-order valence-electron chi connectivity index (χ2n) is 6.32. The van der Waals surface area contributed by atoms with E-state index in [1.807, 2.05) is 19.1 Å². The third kappa shape index (κ3) is 5.16. The van der Waals surface area contributed by atoms with E-state index >= 15 is 0 Å². The number of piperidine rings is 1. The predicted octanol–water partition coefficient (Wildman–Crippen LogP) is 2.48. The molecule has 1 aromatic heterocycles. The quantitative estimate of drug-likeness (QED) is 0.780. The van der Waals surface area contributed by atoms with Crippen molar-refractivity contribution in [1.29, 1.82) is 0 Å². The van der Waals surface area contributed by atoms with E-state index in [2.05, 4.69) is 26.0 Å². The van der Waals surface area contributed by atoms with E-state index in [-0.39, 0.29) is 18.3 Å². The lowest BCUT2D eigenvalue weighted by Crippen LogP contribution is -2.40. The Hall–Kier alpha value is -1.70. The molecule has 2 heterocycles. The molecule has 0 bridgehead atoms. The number of benzene rings is 1. The van der Waals surface area contributed by atoms with Gasteiger partial charge in [-0.25, -0.2) is 0 Å². The molecule has 1 aliphatic rings. The first-order valence-corrected chi connectivity index (χ1v) is 9.09. The van der Waals surface area contributed by atoms with Gasteiger partial charge in [-0.05, 0) is 67.7 Å². The van der Waals surface area contributed by atoms with Crippen molar-refractivity contribution in [2.75, 3.05) is 19.6 Å². The van der Waals surface area contributed by atoms with E-state index < -0.39 is 6.04 Å². The van der Waals surface area contributed by atoms with Gasteiger partial charge in [0.1, 0.15) is 0 Å². The number of carbonyl (C=O) groups excluding carboxylic acids is 1. The van der Waals surface area contributed by atoms with Crippen molar-refractivity contribution in [3.8, 4) is 11.4 Å². The number of hydrogen-bond acceptors (Lipinski definition) is 5. The lowest BCUT2D eigenvalue weighted by atomic mass is 9.99. The molecular weight excluding hydrogens is 375 g/mol. The Balaban J connectivity index is 0.00000243. The molecule has 1 aromatic carbocycles.